The summed E-state index contributed by atoms with van der Waals surface area (Å²) in [5, 5.41) is 2.75. The highest BCUT2D eigenvalue weighted by molar-refractivity contribution is 9.10. The Morgan fingerprint density at radius 1 is 1.54 bits per heavy atom. The molecule has 66 valence electrons. The van der Waals surface area contributed by atoms with Gasteiger partial charge in [-0.15, -0.1) is 11.3 Å². The van der Waals surface area contributed by atoms with Crippen LogP contribution in [-0.2, 0) is 0 Å². The Kier molecular flexibility index (Phi) is 2.17. The van der Waals surface area contributed by atoms with Crippen LogP contribution in [0.25, 0.3) is 10.1 Å². The van der Waals surface area contributed by atoms with Gasteiger partial charge in [0.05, 0.1) is 5.56 Å². The molecule has 0 fully saturated rings. The van der Waals surface area contributed by atoms with E-state index in [1.54, 1.807) is 0 Å². The van der Waals surface area contributed by atoms with Gasteiger partial charge in [-0.2, -0.15) is 0 Å². The van der Waals surface area contributed by atoms with Crippen LogP contribution in [-0.4, -0.2) is 6.29 Å². The first-order chi connectivity index (χ1) is 6.24. The summed E-state index contributed by atoms with van der Waals surface area (Å²) in [6, 6.07) is 3.24. The highest BCUT2D eigenvalue weighted by atomic mass is 79.9. The van der Waals surface area contributed by atoms with Gasteiger partial charge in [-0.05, 0) is 33.4 Å². The van der Waals surface area contributed by atoms with E-state index in [-0.39, 0.29) is 5.56 Å². The second kappa shape index (κ2) is 3.20. The molecular formula is C9H4BrFOS. The lowest BCUT2D eigenvalue weighted by Gasteiger charge is -1.99. The summed E-state index contributed by atoms with van der Waals surface area (Å²) < 4.78 is 14.6. The van der Waals surface area contributed by atoms with Crippen molar-refractivity contribution in [2.75, 3.05) is 0 Å². The quantitative estimate of drug-likeness (QED) is 0.715. The zero-order valence-corrected chi connectivity index (χ0v) is 8.78. The SMILES string of the molecule is O=Cc1c(F)cc2sccc2c1Br. The van der Waals surface area contributed by atoms with Crippen LogP contribution in [0.5, 0.6) is 0 Å². The Morgan fingerprint density at radius 2 is 2.31 bits per heavy atom. The number of thiophene rings is 1. The first-order valence-corrected chi connectivity index (χ1v) is 5.21. The van der Waals surface area contributed by atoms with Gasteiger partial charge in [0.25, 0.3) is 0 Å². The minimum atomic E-state index is -0.475. The van der Waals surface area contributed by atoms with Crippen molar-refractivity contribution < 1.29 is 9.18 Å². The third kappa shape index (κ3) is 1.30. The fourth-order valence-electron chi connectivity index (χ4n) is 1.16. The number of benzene rings is 1. The molecule has 0 radical (unpaired) electrons. The van der Waals surface area contributed by atoms with E-state index in [0.29, 0.717) is 10.8 Å². The molecule has 0 aliphatic heterocycles. The number of aldehydes is 1. The molecule has 1 heterocycles. The Balaban J connectivity index is 2.92. The van der Waals surface area contributed by atoms with E-state index in [9.17, 15) is 9.18 Å². The van der Waals surface area contributed by atoms with Gasteiger partial charge in [0.2, 0.25) is 0 Å². The van der Waals surface area contributed by atoms with Crippen molar-refractivity contribution in [2.24, 2.45) is 0 Å². The Labute approximate surface area is 86.3 Å². The molecular weight excluding hydrogens is 255 g/mol. The third-order valence-electron chi connectivity index (χ3n) is 1.80. The summed E-state index contributed by atoms with van der Waals surface area (Å²) in [7, 11) is 0. The maximum Gasteiger partial charge on any atom is 0.154 e. The minimum absolute atomic E-state index is 0.0888. The summed E-state index contributed by atoms with van der Waals surface area (Å²) in [6.45, 7) is 0. The second-order valence-electron chi connectivity index (χ2n) is 2.54. The van der Waals surface area contributed by atoms with Crippen LogP contribution in [0.3, 0.4) is 0 Å². The first kappa shape index (κ1) is 8.84. The number of rotatable bonds is 1. The van der Waals surface area contributed by atoms with E-state index < -0.39 is 5.82 Å². The normalized spacial score (nSPS) is 10.6. The summed E-state index contributed by atoms with van der Waals surface area (Å²) in [6.07, 6.45) is 0.524. The lowest BCUT2D eigenvalue weighted by Crippen LogP contribution is -1.88. The molecule has 0 spiro atoms. The fourth-order valence-corrected chi connectivity index (χ4v) is 2.74. The Hall–Kier alpha value is -0.740. The molecule has 0 N–H and O–H groups in total. The van der Waals surface area contributed by atoms with Crippen molar-refractivity contribution in [3.63, 3.8) is 0 Å². The standard InChI is InChI=1S/C9H4BrFOS/c10-9-5-1-2-13-8(5)3-7(11)6(9)4-12/h1-4H. The number of hydrogen-bond acceptors (Lipinski definition) is 2. The zero-order valence-electron chi connectivity index (χ0n) is 6.38. The van der Waals surface area contributed by atoms with Gasteiger partial charge >= 0.3 is 0 Å². The summed E-state index contributed by atoms with van der Waals surface area (Å²) in [5.41, 5.74) is 0.0888. The Morgan fingerprint density at radius 3 is 3.00 bits per heavy atom. The van der Waals surface area contributed by atoms with Crippen LogP contribution in [0, 0.1) is 5.82 Å². The van der Waals surface area contributed by atoms with Crippen LogP contribution < -0.4 is 0 Å². The topological polar surface area (TPSA) is 17.1 Å². The number of fused-ring (bicyclic) bond motifs is 1. The summed E-state index contributed by atoms with van der Waals surface area (Å²) in [5.74, 6) is -0.475. The van der Waals surface area contributed by atoms with Crippen LogP contribution >= 0.6 is 27.3 Å². The molecule has 0 unspecified atom stereocenters. The molecule has 2 aromatic rings. The number of hydrogen-bond donors (Lipinski definition) is 0. The summed E-state index contributed by atoms with van der Waals surface area (Å²) >= 11 is 4.66. The van der Waals surface area contributed by atoms with Gasteiger partial charge in [0, 0.05) is 14.6 Å². The number of carbonyl (C=O) groups is 1. The maximum absolute atomic E-state index is 13.2. The van der Waals surface area contributed by atoms with E-state index >= 15 is 0 Å². The molecule has 0 atom stereocenters. The largest absolute Gasteiger partial charge is 0.298 e. The first-order valence-electron chi connectivity index (χ1n) is 3.54. The van der Waals surface area contributed by atoms with Gasteiger partial charge < -0.3 is 0 Å². The lowest BCUT2D eigenvalue weighted by molar-refractivity contribution is 0.111. The summed E-state index contributed by atoms with van der Waals surface area (Å²) in [4.78, 5) is 10.5. The molecule has 1 aromatic heterocycles. The second-order valence-corrected chi connectivity index (χ2v) is 4.28. The molecule has 0 saturated carbocycles. The van der Waals surface area contributed by atoms with Crippen molar-refractivity contribution in [2.45, 2.75) is 0 Å². The molecule has 0 amide bonds. The zero-order chi connectivity index (χ0) is 9.42. The molecule has 0 saturated heterocycles. The third-order valence-corrected chi connectivity index (χ3v) is 3.52. The fraction of sp³-hybridized carbons (Fsp3) is 0. The monoisotopic (exact) mass is 258 g/mol. The van der Waals surface area contributed by atoms with E-state index in [1.807, 2.05) is 11.4 Å². The predicted molar refractivity (Wildman–Crippen MR) is 54.9 cm³/mol. The van der Waals surface area contributed by atoms with Crippen molar-refractivity contribution in [1.29, 1.82) is 0 Å². The van der Waals surface area contributed by atoms with E-state index in [1.165, 1.54) is 17.4 Å². The van der Waals surface area contributed by atoms with Crippen LogP contribution in [0.4, 0.5) is 4.39 Å². The molecule has 4 heteroatoms. The highest BCUT2D eigenvalue weighted by Crippen LogP contribution is 2.32. The van der Waals surface area contributed by atoms with Crippen LogP contribution in [0.2, 0.25) is 0 Å². The van der Waals surface area contributed by atoms with Crippen molar-refractivity contribution in [3.05, 3.63) is 33.4 Å². The number of carbonyl (C=O) groups excluding carboxylic acids is 1. The van der Waals surface area contributed by atoms with Crippen LogP contribution in [0.1, 0.15) is 10.4 Å². The van der Waals surface area contributed by atoms with Crippen LogP contribution in [0.15, 0.2) is 22.0 Å². The smallest absolute Gasteiger partial charge is 0.154 e. The molecule has 1 nitrogen and oxygen atoms in total. The van der Waals surface area contributed by atoms with E-state index in [4.69, 9.17) is 0 Å². The maximum atomic E-state index is 13.2. The van der Waals surface area contributed by atoms with Gasteiger partial charge in [-0.1, -0.05) is 0 Å². The predicted octanol–water partition coefficient (Wildman–Crippen LogP) is 3.62. The molecule has 0 aliphatic rings. The van der Waals surface area contributed by atoms with Gasteiger partial charge in [0.1, 0.15) is 5.82 Å². The average molecular weight is 259 g/mol. The molecule has 0 aliphatic carbocycles. The van der Waals surface area contributed by atoms with Crippen molar-refractivity contribution in [1.82, 2.24) is 0 Å². The van der Waals surface area contributed by atoms with Gasteiger partial charge in [-0.25, -0.2) is 4.39 Å². The molecule has 13 heavy (non-hydrogen) atoms. The van der Waals surface area contributed by atoms with E-state index in [2.05, 4.69) is 15.9 Å². The minimum Gasteiger partial charge on any atom is -0.298 e. The van der Waals surface area contributed by atoms with Gasteiger partial charge in [0.15, 0.2) is 6.29 Å². The molecule has 1 aromatic carbocycles. The molecule has 0 bridgehead atoms. The highest BCUT2D eigenvalue weighted by Gasteiger charge is 2.10. The molecule has 2 rings (SSSR count). The average Bonchev–Trinajstić information content (AvgIpc) is 2.53. The lowest BCUT2D eigenvalue weighted by atomic mass is 10.2. The van der Waals surface area contributed by atoms with Gasteiger partial charge in [-0.3, -0.25) is 4.79 Å². The number of halogens is 2. The Bertz CT molecular complexity index is 478. The van der Waals surface area contributed by atoms with Crippen molar-refractivity contribution >= 4 is 43.6 Å². The van der Waals surface area contributed by atoms with E-state index in [0.717, 1.165) is 10.1 Å². The van der Waals surface area contributed by atoms with Crippen molar-refractivity contribution in [3.8, 4) is 0 Å².